The van der Waals surface area contributed by atoms with Gasteiger partial charge in [0.15, 0.2) is 0 Å². The molecule has 7 heteroatoms. The summed E-state index contributed by atoms with van der Waals surface area (Å²) >= 11 is 0. The van der Waals surface area contributed by atoms with Crippen LogP contribution in [0.15, 0.2) is 0 Å². The summed E-state index contributed by atoms with van der Waals surface area (Å²) in [7, 11) is 1.64. The van der Waals surface area contributed by atoms with Gasteiger partial charge in [-0.2, -0.15) is 19.3 Å². The van der Waals surface area contributed by atoms with Gasteiger partial charge in [0, 0.05) is 26.8 Å². The second-order valence-electron chi connectivity index (χ2n) is 3.19. The molecule has 0 saturated carbocycles. The van der Waals surface area contributed by atoms with Crippen LogP contribution in [0.3, 0.4) is 0 Å². The van der Waals surface area contributed by atoms with Crippen molar-refractivity contribution in [2.24, 2.45) is 0 Å². The predicted molar refractivity (Wildman–Crippen MR) is 58.6 cm³/mol. The van der Waals surface area contributed by atoms with Crippen LogP contribution in [0.1, 0.15) is 13.3 Å². The van der Waals surface area contributed by atoms with Gasteiger partial charge >= 0.3 is 6.08 Å². The molecule has 1 heterocycles. The normalized spacial score (nSPS) is 10.4. The summed E-state index contributed by atoms with van der Waals surface area (Å²) in [5.41, 5.74) is 5.35. The molecule has 2 N–H and O–H groups in total. The Morgan fingerprint density at radius 2 is 2.12 bits per heavy atom. The van der Waals surface area contributed by atoms with Gasteiger partial charge in [-0.05, 0) is 13.3 Å². The van der Waals surface area contributed by atoms with Gasteiger partial charge in [-0.25, -0.2) is 0 Å². The van der Waals surface area contributed by atoms with E-state index in [-0.39, 0.29) is 11.9 Å². The largest absolute Gasteiger partial charge is 0.385 e. The van der Waals surface area contributed by atoms with E-state index in [4.69, 9.17) is 10.5 Å². The molecule has 1 aromatic heterocycles. The maximum Gasteiger partial charge on any atom is 0.315 e. The second-order valence-corrected chi connectivity index (χ2v) is 3.19. The molecule has 0 spiro atoms. The molecule has 0 aliphatic rings. The number of methoxy groups -OCH3 is 1. The molecule has 1 aromatic rings. The van der Waals surface area contributed by atoms with Crippen LogP contribution in [-0.4, -0.2) is 41.8 Å². The quantitative estimate of drug-likeness (QED) is 0.714. The minimum Gasteiger partial charge on any atom is -0.385 e. The van der Waals surface area contributed by atoms with Gasteiger partial charge in [0.1, 0.15) is 0 Å². The van der Waals surface area contributed by atoms with Crippen LogP contribution in [0.5, 0.6) is 0 Å². The number of nitrogens with zero attached hydrogens (tertiary/aromatic N) is 4. The first-order valence-electron chi connectivity index (χ1n) is 5.08. The van der Waals surface area contributed by atoms with E-state index >= 15 is 0 Å². The number of nitrogen functional groups attached to an aromatic ring is 1. The highest BCUT2D eigenvalue weighted by atomic mass is 19.1. The van der Waals surface area contributed by atoms with Crippen LogP contribution in [-0.2, 0) is 4.74 Å². The molecule has 6 nitrogen and oxygen atoms in total. The number of halogens is 1. The summed E-state index contributed by atoms with van der Waals surface area (Å²) in [6, 6.07) is 0. The topological polar surface area (TPSA) is 77.2 Å². The van der Waals surface area contributed by atoms with E-state index < -0.39 is 6.08 Å². The number of hydrogen-bond donors (Lipinski definition) is 1. The highest BCUT2D eigenvalue weighted by Gasteiger charge is 2.10. The van der Waals surface area contributed by atoms with Crippen molar-refractivity contribution in [2.45, 2.75) is 13.3 Å². The van der Waals surface area contributed by atoms with E-state index in [1.807, 2.05) is 11.8 Å². The summed E-state index contributed by atoms with van der Waals surface area (Å²) in [6.45, 7) is 3.93. The van der Waals surface area contributed by atoms with Crippen LogP contribution in [0.2, 0.25) is 0 Å². The van der Waals surface area contributed by atoms with Crippen molar-refractivity contribution in [3.05, 3.63) is 6.08 Å². The number of rotatable bonds is 6. The number of hydrogen-bond acceptors (Lipinski definition) is 6. The third-order valence-corrected chi connectivity index (χ3v) is 2.05. The van der Waals surface area contributed by atoms with Crippen molar-refractivity contribution >= 4 is 11.9 Å². The van der Waals surface area contributed by atoms with Gasteiger partial charge in [-0.1, -0.05) is 0 Å². The summed E-state index contributed by atoms with van der Waals surface area (Å²) < 4.78 is 17.9. The molecule has 0 saturated heterocycles. The SMILES string of the molecule is CCN(CCCOC)c1nc(N)nc(F)n1. The highest BCUT2D eigenvalue weighted by molar-refractivity contribution is 5.32. The Balaban J connectivity index is 2.70. The lowest BCUT2D eigenvalue weighted by Crippen LogP contribution is -2.27. The summed E-state index contributed by atoms with van der Waals surface area (Å²) in [6.07, 6.45) is -0.0370. The predicted octanol–water partition coefficient (Wildman–Crippen LogP) is 0.456. The molecule has 0 atom stereocenters. The molecule has 1 rings (SSSR count). The molecule has 0 unspecified atom stereocenters. The zero-order chi connectivity index (χ0) is 12.0. The Bertz CT molecular complexity index is 315. The third kappa shape index (κ3) is 3.58. The van der Waals surface area contributed by atoms with Gasteiger partial charge in [-0.3, -0.25) is 0 Å². The molecule has 0 radical (unpaired) electrons. The van der Waals surface area contributed by atoms with E-state index in [1.54, 1.807) is 7.11 Å². The summed E-state index contributed by atoms with van der Waals surface area (Å²) in [5, 5.41) is 0. The van der Waals surface area contributed by atoms with Crippen LogP contribution in [0, 0.1) is 6.08 Å². The first-order chi connectivity index (χ1) is 7.67. The number of nitrogens with two attached hydrogens (primary N) is 1. The molecule has 90 valence electrons. The molecule has 0 fully saturated rings. The van der Waals surface area contributed by atoms with Crippen LogP contribution < -0.4 is 10.6 Å². The Kier molecular flexibility index (Phi) is 4.84. The van der Waals surface area contributed by atoms with E-state index in [0.717, 1.165) is 6.42 Å². The van der Waals surface area contributed by atoms with Gasteiger partial charge < -0.3 is 15.4 Å². The Morgan fingerprint density at radius 1 is 1.38 bits per heavy atom. The standard InChI is InChI=1S/C9H16FN5O/c1-3-15(5-4-6-16-2)9-13-7(10)12-8(11)14-9/h3-6H2,1-2H3,(H2,11,12,13,14). The van der Waals surface area contributed by atoms with Crippen LogP contribution in [0.25, 0.3) is 0 Å². The maximum atomic E-state index is 12.9. The fourth-order valence-corrected chi connectivity index (χ4v) is 1.30. The smallest absolute Gasteiger partial charge is 0.315 e. The lowest BCUT2D eigenvalue weighted by molar-refractivity contribution is 0.196. The van der Waals surface area contributed by atoms with E-state index in [0.29, 0.717) is 19.7 Å². The van der Waals surface area contributed by atoms with Gasteiger partial charge in [-0.15, -0.1) is 0 Å². The monoisotopic (exact) mass is 229 g/mol. The van der Waals surface area contributed by atoms with E-state index in [9.17, 15) is 4.39 Å². The zero-order valence-corrected chi connectivity index (χ0v) is 9.48. The average Bonchev–Trinajstić information content (AvgIpc) is 2.23. The van der Waals surface area contributed by atoms with Crippen LogP contribution in [0.4, 0.5) is 16.3 Å². The van der Waals surface area contributed by atoms with E-state index in [1.165, 1.54) is 0 Å². The van der Waals surface area contributed by atoms with Crippen molar-refractivity contribution in [2.75, 3.05) is 37.4 Å². The number of aromatic nitrogens is 3. The van der Waals surface area contributed by atoms with Gasteiger partial charge in [0.2, 0.25) is 11.9 Å². The third-order valence-electron chi connectivity index (χ3n) is 2.05. The van der Waals surface area contributed by atoms with Gasteiger partial charge in [0.25, 0.3) is 0 Å². The van der Waals surface area contributed by atoms with Crippen molar-refractivity contribution in [3.8, 4) is 0 Å². The molecule has 0 bridgehead atoms. The molecule has 0 aliphatic carbocycles. The molecule has 16 heavy (non-hydrogen) atoms. The Hall–Kier alpha value is -1.50. The van der Waals surface area contributed by atoms with Crippen molar-refractivity contribution < 1.29 is 9.13 Å². The lowest BCUT2D eigenvalue weighted by Gasteiger charge is -2.20. The summed E-state index contributed by atoms with van der Waals surface area (Å²) in [5.74, 6) is 0.163. The summed E-state index contributed by atoms with van der Waals surface area (Å²) in [4.78, 5) is 12.6. The fraction of sp³-hybridized carbons (Fsp3) is 0.667. The fourth-order valence-electron chi connectivity index (χ4n) is 1.30. The first-order valence-corrected chi connectivity index (χ1v) is 5.08. The number of anilines is 2. The first kappa shape index (κ1) is 12.6. The Morgan fingerprint density at radius 3 is 2.69 bits per heavy atom. The maximum absolute atomic E-state index is 12.9. The van der Waals surface area contributed by atoms with Crippen LogP contribution >= 0.6 is 0 Å². The molecule has 0 aromatic carbocycles. The van der Waals surface area contributed by atoms with Crippen molar-refractivity contribution in [3.63, 3.8) is 0 Å². The van der Waals surface area contributed by atoms with E-state index in [2.05, 4.69) is 15.0 Å². The minimum absolute atomic E-state index is 0.104. The molecule has 0 aliphatic heterocycles. The second kappa shape index (κ2) is 6.16. The molecular formula is C9H16FN5O. The van der Waals surface area contributed by atoms with Gasteiger partial charge in [0.05, 0.1) is 0 Å². The molecular weight excluding hydrogens is 213 g/mol. The average molecular weight is 229 g/mol. The highest BCUT2D eigenvalue weighted by Crippen LogP contribution is 2.08. The Labute approximate surface area is 93.7 Å². The van der Waals surface area contributed by atoms with Crippen molar-refractivity contribution in [1.82, 2.24) is 15.0 Å². The lowest BCUT2D eigenvalue weighted by atomic mass is 10.4. The minimum atomic E-state index is -0.854. The molecule has 0 amide bonds. The number of ether oxygens (including phenoxy) is 1. The zero-order valence-electron chi connectivity index (χ0n) is 9.48. The van der Waals surface area contributed by atoms with Crippen molar-refractivity contribution in [1.29, 1.82) is 0 Å².